The molecule has 0 aliphatic rings. The number of benzene rings is 2. The van der Waals surface area contributed by atoms with E-state index in [4.69, 9.17) is 9.15 Å². The number of hydrogen-bond acceptors (Lipinski definition) is 5. The maximum Gasteiger partial charge on any atom is 0.247 e. The van der Waals surface area contributed by atoms with Crippen LogP contribution in [0, 0.1) is 11.6 Å². The number of Topliss-reactive ketones (excluding diaryl/α,β-unsaturated/α-hetero) is 1. The molecule has 0 N–H and O–H groups in total. The van der Waals surface area contributed by atoms with Crippen LogP contribution < -0.4 is 4.74 Å². The molecule has 3 rings (SSSR count). The van der Waals surface area contributed by atoms with Gasteiger partial charge in [0, 0.05) is 11.1 Å². The van der Waals surface area contributed by atoms with Gasteiger partial charge in [-0.15, -0.1) is 10.2 Å². The molecular weight excluding hydrogens is 318 g/mol. The Morgan fingerprint density at radius 1 is 1.12 bits per heavy atom. The van der Waals surface area contributed by atoms with Crippen molar-refractivity contribution in [3.8, 4) is 17.2 Å². The number of ketones is 1. The van der Waals surface area contributed by atoms with Gasteiger partial charge in [0.1, 0.15) is 5.75 Å². The Balaban J connectivity index is 1.70. The second-order valence-electron chi connectivity index (χ2n) is 5.02. The first-order chi connectivity index (χ1) is 11.5. The lowest BCUT2D eigenvalue weighted by atomic mass is 10.1. The maximum absolute atomic E-state index is 13.2. The molecule has 0 amide bonds. The molecule has 0 saturated heterocycles. The molecular formula is C17H12F2N2O3. The van der Waals surface area contributed by atoms with Crippen LogP contribution in [0.2, 0.25) is 0 Å². The quantitative estimate of drug-likeness (QED) is 0.668. The van der Waals surface area contributed by atoms with Crippen LogP contribution in [-0.2, 0) is 0 Å². The average Bonchev–Trinajstić information content (AvgIpc) is 3.12. The molecule has 5 nitrogen and oxygen atoms in total. The van der Waals surface area contributed by atoms with Crippen LogP contribution in [0.25, 0.3) is 11.5 Å². The van der Waals surface area contributed by atoms with Gasteiger partial charge in [-0.2, -0.15) is 0 Å². The van der Waals surface area contributed by atoms with E-state index in [-0.39, 0.29) is 5.56 Å². The zero-order chi connectivity index (χ0) is 17.1. The second-order valence-corrected chi connectivity index (χ2v) is 5.02. The smallest absolute Gasteiger partial charge is 0.247 e. The molecule has 0 aliphatic carbocycles. The molecule has 0 saturated carbocycles. The fourth-order valence-corrected chi connectivity index (χ4v) is 2.12. The van der Waals surface area contributed by atoms with E-state index >= 15 is 0 Å². The van der Waals surface area contributed by atoms with Crippen LogP contribution in [0.15, 0.2) is 53.3 Å². The van der Waals surface area contributed by atoms with E-state index in [0.717, 1.165) is 12.1 Å². The van der Waals surface area contributed by atoms with Gasteiger partial charge >= 0.3 is 0 Å². The van der Waals surface area contributed by atoms with Crippen LogP contribution in [0.5, 0.6) is 5.75 Å². The average molecular weight is 330 g/mol. The van der Waals surface area contributed by atoms with Gasteiger partial charge < -0.3 is 9.15 Å². The fourth-order valence-electron chi connectivity index (χ4n) is 2.12. The van der Waals surface area contributed by atoms with E-state index < -0.39 is 23.5 Å². The van der Waals surface area contributed by atoms with E-state index in [9.17, 15) is 13.6 Å². The second kappa shape index (κ2) is 6.57. The maximum atomic E-state index is 13.2. The number of aromatic nitrogens is 2. The number of ether oxygens (including phenoxy) is 1. The molecule has 1 heterocycles. The summed E-state index contributed by atoms with van der Waals surface area (Å²) in [4.78, 5) is 12.2. The molecule has 0 unspecified atom stereocenters. The summed E-state index contributed by atoms with van der Waals surface area (Å²) in [5, 5.41) is 7.37. The normalized spacial score (nSPS) is 12.0. The van der Waals surface area contributed by atoms with Gasteiger partial charge in [0.05, 0.1) is 0 Å². The highest BCUT2D eigenvalue weighted by atomic mass is 19.2. The summed E-state index contributed by atoms with van der Waals surface area (Å²) in [7, 11) is 0. The van der Waals surface area contributed by atoms with Crippen molar-refractivity contribution in [1.29, 1.82) is 0 Å². The van der Waals surface area contributed by atoms with Gasteiger partial charge in [0.25, 0.3) is 0 Å². The zero-order valence-corrected chi connectivity index (χ0v) is 12.6. The minimum Gasteiger partial charge on any atom is -0.483 e. The molecule has 2 aromatic carbocycles. The summed E-state index contributed by atoms with van der Waals surface area (Å²) >= 11 is 0. The van der Waals surface area contributed by atoms with E-state index in [2.05, 4.69) is 10.2 Å². The van der Waals surface area contributed by atoms with Gasteiger partial charge in [-0.1, -0.05) is 0 Å². The molecule has 24 heavy (non-hydrogen) atoms. The Kier molecular flexibility index (Phi) is 4.33. The molecule has 0 radical (unpaired) electrons. The largest absolute Gasteiger partial charge is 0.483 e. The monoisotopic (exact) mass is 330 g/mol. The van der Waals surface area contributed by atoms with Crippen molar-refractivity contribution in [2.45, 2.75) is 13.0 Å². The highest BCUT2D eigenvalue weighted by molar-refractivity contribution is 5.99. The highest BCUT2D eigenvalue weighted by Gasteiger charge is 2.18. The number of carbonyl (C=O) groups excluding carboxylic acids is 1. The van der Waals surface area contributed by atoms with Gasteiger partial charge in [-0.05, 0) is 49.4 Å². The van der Waals surface area contributed by atoms with Gasteiger partial charge in [0.2, 0.25) is 18.1 Å². The van der Waals surface area contributed by atoms with E-state index in [1.165, 1.54) is 19.4 Å². The van der Waals surface area contributed by atoms with Crippen molar-refractivity contribution in [3.05, 3.63) is 66.1 Å². The summed E-state index contributed by atoms with van der Waals surface area (Å²) in [5.41, 5.74) is 0.753. The minimum atomic E-state index is -1.07. The topological polar surface area (TPSA) is 65.2 Å². The van der Waals surface area contributed by atoms with Crippen molar-refractivity contribution in [3.63, 3.8) is 0 Å². The van der Waals surface area contributed by atoms with Crippen molar-refractivity contribution < 1.29 is 22.7 Å². The third-order valence-corrected chi connectivity index (χ3v) is 3.35. The van der Waals surface area contributed by atoms with Gasteiger partial charge in [-0.25, -0.2) is 8.78 Å². The molecule has 0 fully saturated rings. The van der Waals surface area contributed by atoms with Crippen LogP contribution >= 0.6 is 0 Å². The van der Waals surface area contributed by atoms with Gasteiger partial charge in [0.15, 0.2) is 17.7 Å². The number of rotatable bonds is 5. The lowest BCUT2D eigenvalue weighted by Crippen LogP contribution is -2.24. The molecule has 1 aromatic heterocycles. The number of nitrogens with zero attached hydrogens (tertiary/aromatic N) is 2. The Hall–Kier alpha value is -3.09. The molecule has 122 valence electrons. The molecule has 1 atom stereocenters. The summed E-state index contributed by atoms with van der Waals surface area (Å²) in [6.45, 7) is 1.54. The van der Waals surface area contributed by atoms with E-state index in [1.807, 2.05) is 0 Å². The number of carbonyl (C=O) groups is 1. The van der Waals surface area contributed by atoms with E-state index in [0.29, 0.717) is 17.2 Å². The lowest BCUT2D eigenvalue weighted by molar-refractivity contribution is 0.0817. The fraction of sp³-hybridized carbons (Fsp3) is 0.118. The summed E-state index contributed by atoms with van der Waals surface area (Å²) in [5.74, 6) is -1.71. The highest BCUT2D eigenvalue weighted by Crippen LogP contribution is 2.21. The molecule has 0 spiro atoms. The van der Waals surface area contributed by atoms with Crippen LogP contribution in [0.1, 0.15) is 17.3 Å². The van der Waals surface area contributed by atoms with Crippen molar-refractivity contribution in [2.24, 2.45) is 0 Å². The number of halogens is 2. The first-order valence-corrected chi connectivity index (χ1v) is 7.07. The first kappa shape index (κ1) is 15.8. The SMILES string of the molecule is C[C@@H](Oc1ccc(-c2nnco2)cc1)C(=O)c1ccc(F)c(F)c1. The van der Waals surface area contributed by atoms with E-state index in [1.54, 1.807) is 24.3 Å². The summed E-state index contributed by atoms with van der Waals surface area (Å²) < 4.78 is 36.8. The molecule has 3 aromatic rings. The zero-order valence-electron chi connectivity index (χ0n) is 12.6. The Morgan fingerprint density at radius 3 is 2.50 bits per heavy atom. The van der Waals surface area contributed by atoms with Crippen LogP contribution in [0.4, 0.5) is 8.78 Å². The first-order valence-electron chi connectivity index (χ1n) is 7.07. The van der Waals surface area contributed by atoms with Crippen molar-refractivity contribution in [1.82, 2.24) is 10.2 Å². The van der Waals surface area contributed by atoms with Gasteiger partial charge in [-0.3, -0.25) is 4.79 Å². The Morgan fingerprint density at radius 2 is 1.88 bits per heavy atom. The van der Waals surface area contributed by atoms with Crippen LogP contribution in [0.3, 0.4) is 0 Å². The van der Waals surface area contributed by atoms with Crippen molar-refractivity contribution in [2.75, 3.05) is 0 Å². The summed E-state index contributed by atoms with van der Waals surface area (Å²) in [6.07, 6.45) is 0.367. The third kappa shape index (κ3) is 3.29. The number of hydrogen-bond donors (Lipinski definition) is 0. The predicted molar refractivity (Wildman–Crippen MR) is 80.5 cm³/mol. The Labute approximate surface area is 135 Å². The molecule has 0 bridgehead atoms. The molecule has 7 heteroatoms. The standard InChI is InChI=1S/C17H12F2N2O3/c1-10(16(22)12-4-7-14(18)15(19)8-12)24-13-5-2-11(3-6-13)17-21-20-9-23-17/h2-10H,1H3/t10-/m1/s1. The molecule has 0 aliphatic heterocycles. The Bertz CT molecular complexity index is 849. The van der Waals surface area contributed by atoms with Crippen molar-refractivity contribution >= 4 is 5.78 Å². The predicted octanol–water partition coefficient (Wildman–Crippen LogP) is 3.67. The third-order valence-electron chi connectivity index (χ3n) is 3.35. The summed E-state index contributed by atoms with van der Waals surface area (Å²) in [6, 6.07) is 9.70. The lowest BCUT2D eigenvalue weighted by Gasteiger charge is -2.14. The minimum absolute atomic E-state index is 0.0453. The van der Waals surface area contributed by atoms with Crippen LogP contribution in [-0.4, -0.2) is 22.1 Å².